The second-order valence-electron chi connectivity index (χ2n) is 6.41. The fourth-order valence-corrected chi connectivity index (χ4v) is 3.27. The lowest BCUT2D eigenvalue weighted by molar-refractivity contribution is 0.409. The minimum Gasteiger partial charge on any atom is -0.496 e. The molecule has 0 radical (unpaired) electrons. The molecule has 1 aliphatic rings. The Morgan fingerprint density at radius 1 is 1.19 bits per heavy atom. The van der Waals surface area contributed by atoms with Gasteiger partial charge in [0.25, 0.3) is 0 Å². The van der Waals surface area contributed by atoms with Gasteiger partial charge in [0, 0.05) is 45.1 Å². The van der Waals surface area contributed by atoms with Gasteiger partial charge in [-0.1, -0.05) is 24.6 Å². The van der Waals surface area contributed by atoms with E-state index in [1.54, 1.807) is 14.2 Å². The highest BCUT2D eigenvalue weighted by Crippen LogP contribution is 2.16. The van der Waals surface area contributed by atoms with Crippen LogP contribution in [0.1, 0.15) is 36.5 Å². The third-order valence-corrected chi connectivity index (χ3v) is 4.69. The number of methoxy groups -OCH3 is 1. The standard InChI is InChI=1S/C19H28N6O/c1-20-19(22-14-15-8-5-6-9-16(15)26-2)21-12-11-18-24-23-17-10-4-3-7-13-25(17)18/h5-6,8-9H,3-4,7,10-14H2,1-2H3,(H2,20,21,22). The molecule has 26 heavy (non-hydrogen) atoms. The Bertz CT molecular complexity index is 739. The summed E-state index contributed by atoms with van der Waals surface area (Å²) in [5.74, 6) is 3.85. The fourth-order valence-electron chi connectivity index (χ4n) is 3.27. The highest BCUT2D eigenvalue weighted by molar-refractivity contribution is 5.79. The van der Waals surface area contributed by atoms with E-state index in [0.717, 1.165) is 54.9 Å². The average Bonchev–Trinajstić information content (AvgIpc) is 2.90. The van der Waals surface area contributed by atoms with E-state index in [1.807, 2.05) is 24.3 Å². The molecule has 0 saturated heterocycles. The Kier molecular flexibility index (Phi) is 6.46. The van der Waals surface area contributed by atoms with Gasteiger partial charge in [0.15, 0.2) is 5.96 Å². The molecular weight excluding hydrogens is 328 g/mol. The molecule has 2 N–H and O–H groups in total. The first-order chi connectivity index (χ1) is 12.8. The molecule has 0 spiro atoms. The van der Waals surface area contributed by atoms with E-state index in [1.165, 1.54) is 19.3 Å². The highest BCUT2D eigenvalue weighted by Gasteiger charge is 2.14. The van der Waals surface area contributed by atoms with E-state index >= 15 is 0 Å². The van der Waals surface area contributed by atoms with Gasteiger partial charge in [-0.2, -0.15) is 0 Å². The van der Waals surface area contributed by atoms with Crippen LogP contribution in [0.25, 0.3) is 0 Å². The number of benzene rings is 1. The van der Waals surface area contributed by atoms with Crippen molar-refractivity contribution in [1.82, 2.24) is 25.4 Å². The predicted octanol–water partition coefficient (Wildman–Crippen LogP) is 1.92. The zero-order valence-corrected chi connectivity index (χ0v) is 15.7. The van der Waals surface area contributed by atoms with Crippen molar-refractivity contribution in [2.75, 3.05) is 20.7 Å². The number of hydrogen-bond donors (Lipinski definition) is 2. The second-order valence-corrected chi connectivity index (χ2v) is 6.41. The lowest BCUT2D eigenvalue weighted by Crippen LogP contribution is -2.38. The van der Waals surface area contributed by atoms with E-state index in [4.69, 9.17) is 4.74 Å². The molecule has 0 atom stereocenters. The lowest BCUT2D eigenvalue weighted by atomic mass is 10.2. The van der Waals surface area contributed by atoms with Crippen LogP contribution in [0.15, 0.2) is 29.3 Å². The third-order valence-electron chi connectivity index (χ3n) is 4.69. The van der Waals surface area contributed by atoms with Crippen molar-refractivity contribution in [1.29, 1.82) is 0 Å². The maximum Gasteiger partial charge on any atom is 0.191 e. The number of hydrogen-bond acceptors (Lipinski definition) is 4. The highest BCUT2D eigenvalue weighted by atomic mass is 16.5. The number of nitrogens with zero attached hydrogens (tertiary/aromatic N) is 4. The van der Waals surface area contributed by atoms with E-state index in [0.29, 0.717) is 6.54 Å². The molecule has 0 saturated carbocycles. The van der Waals surface area contributed by atoms with Crippen LogP contribution in [0.5, 0.6) is 5.75 Å². The maximum absolute atomic E-state index is 5.39. The van der Waals surface area contributed by atoms with Gasteiger partial charge >= 0.3 is 0 Å². The number of guanidine groups is 1. The van der Waals surface area contributed by atoms with Crippen LogP contribution in [-0.4, -0.2) is 41.4 Å². The van der Waals surface area contributed by atoms with Gasteiger partial charge in [0.05, 0.1) is 7.11 Å². The number of aliphatic imine (C=N–C) groups is 1. The molecule has 2 heterocycles. The molecular formula is C19H28N6O. The van der Waals surface area contributed by atoms with Gasteiger partial charge in [-0.3, -0.25) is 4.99 Å². The zero-order valence-electron chi connectivity index (χ0n) is 15.7. The van der Waals surface area contributed by atoms with E-state index in [2.05, 4.69) is 30.4 Å². The molecule has 1 aromatic carbocycles. The van der Waals surface area contributed by atoms with Crippen LogP contribution in [0.4, 0.5) is 0 Å². The van der Waals surface area contributed by atoms with Crippen molar-refractivity contribution in [3.05, 3.63) is 41.5 Å². The fraction of sp³-hybridized carbons (Fsp3) is 0.526. The lowest BCUT2D eigenvalue weighted by Gasteiger charge is -2.14. The number of para-hydroxylation sites is 1. The van der Waals surface area contributed by atoms with Crippen LogP contribution in [0, 0.1) is 0 Å². The molecule has 0 unspecified atom stereocenters. The molecule has 0 bridgehead atoms. The van der Waals surface area contributed by atoms with Crippen molar-refractivity contribution in [3.63, 3.8) is 0 Å². The van der Waals surface area contributed by atoms with Gasteiger partial charge in [-0.05, 0) is 18.9 Å². The predicted molar refractivity (Wildman–Crippen MR) is 102 cm³/mol. The summed E-state index contributed by atoms with van der Waals surface area (Å²) < 4.78 is 7.68. The molecule has 1 aromatic heterocycles. The smallest absolute Gasteiger partial charge is 0.191 e. The van der Waals surface area contributed by atoms with Crippen LogP contribution < -0.4 is 15.4 Å². The van der Waals surface area contributed by atoms with Gasteiger partial charge in [-0.15, -0.1) is 10.2 Å². The normalized spacial score (nSPS) is 14.5. The Morgan fingerprint density at radius 2 is 2.08 bits per heavy atom. The first kappa shape index (κ1) is 18.2. The molecule has 1 aliphatic heterocycles. The first-order valence-corrected chi connectivity index (χ1v) is 9.29. The van der Waals surface area contributed by atoms with Crippen LogP contribution in [0.3, 0.4) is 0 Å². The number of aromatic nitrogens is 3. The largest absolute Gasteiger partial charge is 0.496 e. The summed E-state index contributed by atoms with van der Waals surface area (Å²) in [6.45, 7) is 2.46. The van der Waals surface area contributed by atoms with E-state index < -0.39 is 0 Å². The molecule has 0 aliphatic carbocycles. The maximum atomic E-state index is 5.39. The summed E-state index contributed by atoms with van der Waals surface area (Å²) in [5.41, 5.74) is 1.10. The van der Waals surface area contributed by atoms with Crippen molar-refractivity contribution in [2.24, 2.45) is 4.99 Å². The summed E-state index contributed by atoms with van der Waals surface area (Å²) in [7, 11) is 3.47. The van der Waals surface area contributed by atoms with Gasteiger partial charge < -0.3 is 19.9 Å². The third kappa shape index (κ3) is 4.53. The monoisotopic (exact) mass is 356 g/mol. The van der Waals surface area contributed by atoms with Crippen molar-refractivity contribution >= 4 is 5.96 Å². The van der Waals surface area contributed by atoms with Crippen LogP contribution in [0.2, 0.25) is 0 Å². The number of nitrogens with one attached hydrogen (secondary N) is 2. The number of aryl methyl sites for hydroxylation is 1. The summed E-state index contributed by atoms with van der Waals surface area (Å²) in [5, 5.41) is 15.4. The van der Waals surface area contributed by atoms with Gasteiger partial charge in [0.1, 0.15) is 17.4 Å². The number of rotatable bonds is 6. The summed E-state index contributed by atoms with van der Waals surface area (Å²) in [6.07, 6.45) is 5.59. The quantitative estimate of drug-likeness (QED) is 0.611. The molecule has 7 heteroatoms. The molecule has 3 rings (SSSR count). The average molecular weight is 356 g/mol. The SMILES string of the molecule is CN=C(NCCc1nnc2n1CCCCC2)NCc1ccccc1OC. The summed E-state index contributed by atoms with van der Waals surface area (Å²) in [4.78, 5) is 4.29. The summed E-state index contributed by atoms with van der Waals surface area (Å²) >= 11 is 0. The Morgan fingerprint density at radius 3 is 2.92 bits per heavy atom. The molecule has 0 fully saturated rings. The Hall–Kier alpha value is -2.57. The second kappa shape index (κ2) is 9.22. The van der Waals surface area contributed by atoms with Crippen molar-refractivity contribution in [2.45, 2.75) is 45.2 Å². The van der Waals surface area contributed by atoms with Crippen LogP contribution >= 0.6 is 0 Å². The minimum absolute atomic E-state index is 0.657. The zero-order chi connectivity index (χ0) is 18.2. The number of fused-ring (bicyclic) bond motifs is 1. The minimum atomic E-state index is 0.657. The van der Waals surface area contributed by atoms with Crippen molar-refractivity contribution < 1.29 is 4.74 Å². The topological polar surface area (TPSA) is 76.4 Å². The summed E-state index contributed by atoms with van der Waals surface area (Å²) in [6, 6.07) is 7.98. The molecule has 2 aromatic rings. The number of ether oxygens (including phenoxy) is 1. The first-order valence-electron chi connectivity index (χ1n) is 9.29. The Labute approximate surface area is 154 Å². The van der Waals surface area contributed by atoms with Gasteiger partial charge in [0.2, 0.25) is 0 Å². The van der Waals surface area contributed by atoms with E-state index in [9.17, 15) is 0 Å². The Balaban J connectivity index is 1.50. The van der Waals surface area contributed by atoms with Crippen molar-refractivity contribution in [3.8, 4) is 5.75 Å². The molecule has 140 valence electrons. The molecule has 0 amide bonds. The van der Waals surface area contributed by atoms with E-state index in [-0.39, 0.29) is 0 Å². The van der Waals surface area contributed by atoms with Gasteiger partial charge in [-0.25, -0.2) is 0 Å². The van der Waals surface area contributed by atoms with Crippen LogP contribution in [-0.2, 0) is 25.9 Å². The molecule has 7 nitrogen and oxygen atoms in total.